The summed E-state index contributed by atoms with van der Waals surface area (Å²) in [6, 6.07) is 30.6. The van der Waals surface area contributed by atoms with Crippen molar-refractivity contribution in [2.75, 3.05) is 0 Å². The number of benzene rings is 4. The number of rotatable bonds is 4. The number of hydrogen-bond acceptors (Lipinski definition) is 0. The molecule has 4 rings (SSSR count). The second-order valence-electron chi connectivity index (χ2n) is 7.99. The summed E-state index contributed by atoms with van der Waals surface area (Å²) in [5.41, 5.74) is 9.92. The van der Waals surface area contributed by atoms with Gasteiger partial charge in [-0.1, -0.05) is 97.6 Å². The van der Waals surface area contributed by atoms with Gasteiger partial charge in [0.25, 0.3) is 0 Å². The Bertz CT molecular complexity index is 1340. The van der Waals surface area contributed by atoms with Gasteiger partial charge in [-0.25, -0.2) is 0 Å². The molecule has 0 aliphatic carbocycles. The first-order valence-corrected chi connectivity index (χ1v) is 10.8. The fourth-order valence-electron chi connectivity index (χ4n) is 4.10. The smallest absolute Gasteiger partial charge is 0.0149 e. The van der Waals surface area contributed by atoms with Gasteiger partial charge in [-0.05, 0) is 87.9 Å². The van der Waals surface area contributed by atoms with E-state index in [0.29, 0.717) is 0 Å². The van der Waals surface area contributed by atoms with Crippen molar-refractivity contribution in [3.63, 3.8) is 0 Å². The average Bonchev–Trinajstić information content (AvgIpc) is 2.80. The lowest BCUT2D eigenvalue weighted by Crippen LogP contribution is -2.23. The van der Waals surface area contributed by atoms with E-state index in [1.165, 1.54) is 54.9 Å². The quantitative estimate of drug-likeness (QED) is 0.349. The van der Waals surface area contributed by atoms with Crippen molar-refractivity contribution < 1.29 is 0 Å². The van der Waals surface area contributed by atoms with Crippen LogP contribution in [0.5, 0.6) is 0 Å². The van der Waals surface area contributed by atoms with Crippen LogP contribution in [0.4, 0.5) is 0 Å². The summed E-state index contributed by atoms with van der Waals surface area (Å²) >= 11 is 0. The molecule has 0 fully saturated rings. The van der Waals surface area contributed by atoms with E-state index in [9.17, 15) is 0 Å². The Labute approximate surface area is 185 Å². The van der Waals surface area contributed by atoms with Crippen LogP contribution in [-0.4, -0.2) is 0 Å². The molecular weight excluding hydrogens is 372 g/mol. The zero-order valence-electron chi connectivity index (χ0n) is 18.5. The first-order chi connectivity index (χ1) is 15.1. The molecule has 0 spiro atoms. The van der Waals surface area contributed by atoms with Gasteiger partial charge in [0, 0.05) is 0 Å². The maximum Gasteiger partial charge on any atom is -0.0149 e. The highest BCUT2D eigenvalue weighted by molar-refractivity contribution is 5.75. The SMILES string of the molecule is C=Cc1cc(-c2ccc(-c3ccc(/C=c4/cccc/c4=C/C)cc3)cc2)c(C)cc1C. The molecule has 0 nitrogen and oxygen atoms in total. The molecule has 0 saturated carbocycles. The standard InChI is InChI=1S/C31H28/c1-5-25-9-7-8-10-30(25)20-24-11-13-27(14-12-24)28-15-17-29(18-16-28)31-21-26(6-2)22(3)19-23(31)4/h5-21H,2H2,1,3-4H3/b25-5-,30-20-. The van der Waals surface area contributed by atoms with Gasteiger partial charge >= 0.3 is 0 Å². The Morgan fingerprint density at radius 2 is 1.23 bits per heavy atom. The fraction of sp³-hybridized carbons (Fsp3) is 0.0968. The van der Waals surface area contributed by atoms with Crippen molar-refractivity contribution >= 4 is 18.2 Å². The summed E-state index contributed by atoms with van der Waals surface area (Å²) < 4.78 is 0. The van der Waals surface area contributed by atoms with Gasteiger partial charge in [0.05, 0.1) is 0 Å². The molecule has 0 heterocycles. The lowest BCUT2D eigenvalue weighted by molar-refractivity contribution is 1.36. The van der Waals surface area contributed by atoms with Crippen LogP contribution in [0.25, 0.3) is 40.5 Å². The Morgan fingerprint density at radius 1 is 0.645 bits per heavy atom. The van der Waals surface area contributed by atoms with Crippen molar-refractivity contribution in [2.45, 2.75) is 20.8 Å². The van der Waals surface area contributed by atoms with E-state index in [2.05, 4.69) is 124 Å². The molecule has 0 radical (unpaired) electrons. The van der Waals surface area contributed by atoms with E-state index >= 15 is 0 Å². The minimum atomic E-state index is 1.19. The molecule has 0 unspecified atom stereocenters. The summed E-state index contributed by atoms with van der Waals surface area (Å²) in [6.07, 6.45) is 6.32. The first kappa shape index (κ1) is 20.6. The van der Waals surface area contributed by atoms with Crippen molar-refractivity contribution in [3.05, 3.63) is 124 Å². The van der Waals surface area contributed by atoms with Crippen LogP contribution in [-0.2, 0) is 0 Å². The third kappa shape index (κ3) is 4.44. The van der Waals surface area contributed by atoms with Crippen molar-refractivity contribution in [1.82, 2.24) is 0 Å². The predicted molar refractivity (Wildman–Crippen MR) is 136 cm³/mol. The van der Waals surface area contributed by atoms with Crippen molar-refractivity contribution in [1.29, 1.82) is 0 Å². The molecule has 4 aromatic carbocycles. The third-order valence-corrected chi connectivity index (χ3v) is 5.90. The molecule has 0 heteroatoms. The Balaban J connectivity index is 1.63. The normalized spacial score (nSPS) is 12.2. The van der Waals surface area contributed by atoms with E-state index < -0.39 is 0 Å². The van der Waals surface area contributed by atoms with Gasteiger partial charge in [-0.3, -0.25) is 0 Å². The van der Waals surface area contributed by atoms with E-state index in [0.717, 1.165) is 0 Å². The van der Waals surface area contributed by atoms with Gasteiger partial charge in [-0.2, -0.15) is 0 Å². The zero-order valence-corrected chi connectivity index (χ0v) is 18.5. The van der Waals surface area contributed by atoms with Gasteiger partial charge in [-0.15, -0.1) is 0 Å². The van der Waals surface area contributed by atoms with Gasteiger partial charge in [0.15, 0.2) is 0 Å². The summed E-state index contributed by atoms with van der Waals surface area (Å²) in [4.78, 5) is 0. The van der Waals surface area contributed by atoms with E-state index in [-0.39, 0.29) is 0 Å². The predicted octanol–water partition coefficient (Wildman–Crippen LogP) is 6.91. The Kier molecular flexibility index (Phi) is 6.00. The molecule has 31 heavy (non-hydrogen) atoms. The Morgan fingerprint density at radius 3 is 1.84 bits per heavy atom. The first-order valence-electron chi connectivity index (χ1n) is 10.8. The van der Waals surface area contributed by atoms with E-state index in [1.54, 1.807) is 0 Å². The molecule has 0 aromatic heterocycles. The van der Waals surface area contributed by atoms with Crippen LogP contribution in [0.3, 0.4) is 0 Å². The van der Waals surface area contributed by atoms with Crippen molar-refractivity contribution in [2.24, 2.45) is 0 Å². The van der Waals surface area contributed by atoms with Crippen LogP contribution in [0.1, 0.15) is 29.2 Å². The molecular formula is C31H28. The van der Waals surface area contributed by atoms with Crippen LogP contribution in [0, 0.1) is 13.8 Å². The molecule has 0 atom stereocenters. The lowest BCUT2D eigenvalue weighted by atomic mass is 9.93. The molecule has 0 saturated heterocycles. The maximum absolute atomic E-state index is 3.95. The largest absolute Gasteiger partial charge is 0.0985 e. The number of aryl methyl sites for hydroxylation is 2. The average molecular weight is 401 g/mol. The maximum atomic E-state index is 3.95. The van der Waals surface area contributed by atoms with Crippen LogP contribution in [0.15, 0.2) is 91.5 Å². The molecule has 0 bridgehead atoms. The molecule has 0 N–H and O–H groups in total. The molecule has 0 aliphatic heterocycles. The highest BCUT2D eigenvalue weighted by atomic mass is 14.1. The summed E-state index contributed by atoms with van der Waals surface area (Å²) in [5, 5.41) is 2.50. The topological polar surface area (TPSA) is 0 Å². The molecule has 4 aromatic rings. The summed E-state index contributed by atoms with van der Waals surface area (Å²) in [6.45, 7) is 10.3. The van der Waals surface area contributed by atoms with Crippen molar-refractivity contribution in [3.8, 4) is 22.3 Å². The van der Waals surface area contributed by atoms with Gasteiger partial charge < -0.3 is 0 Å². The van der Waals surface area contributed by atoms with Gasteiger partial charge in [0.1, 0.15) is 0 Å². The van der Waals surface area contributed by atoms with Crippen LogP contribution in [0.2, 0.25) is 0 Å². The minimum absolute atomic E-state index is 1.19. The Hall–Kier alpha value is -3.64. The minimum Gasteiger partial charge on any atom is -0.0985 e. The molecule has 0 amide bonds. The van der Waals surface area contributed by atoms with E-state index in [4.69, 9.17) is 0 Å². The monoisotopic (exact) mass is 400 g/mol. The second kappa shape index (κ2) is 9.02. The summed E-state index contributed by atoms with van der Waals surface area (Å²) in [7, 11) is 0. The van der Waals surface area contributed by atoms with Crippen LogP contribution < -0.4 is 10.4 Å². The zero-order chi connectivity index (χ0) is 21.8. The van der Waals surface area contributed by atoms with Crippen LogP contribution >= 0.6 is 0 Å². The highest BCUT2D eigenvalue weighted by Gasteiger charge is 2.06. The summed E-state index contributed by atoms with van der Waals surface area (Å²) in [5.74, 6) is 0. The number of hydrogen-bond donors (Lipinski definition) is 0. The fourth-order valence-corrected chi connectivity index (χ4v) is 4.10. The second-order valence-corrected chi connectivity index (χ2v) is 7.99. The molecule has 152 valence electrons. The molecule has 0 aliphatic rings. The lowest BCUT2D eigenvalue weighted by Gasteiger charge is -2.11. The van der Waals surface area contributed by atoms with Gasteiger partial charge in [0.2, 0.25) is 0 Å². The third-order valence-electron chi connectivity index (χ3n) is 5.90. The highest BCUT2D eigenvalue weighted by Crippen LogP contribution is 2.29. The van der Waals surface area contributed by atoms with E-state index in [1.807, 2.05) is 6.08 Å².